The first-order chi connectivity index (χ1) is 12.2. The molecular weight excluding hydrogens is 335 g/mol. The number of benzene rings is 1. The molecule has 1 aliphatic carbocycles. The van der Waals surface area contributed by atoms with Crippen molar-refractivity contribution >= 4 is 27.8 Å². The van der Waals surface area contributed by atoms with Gasteiger partial charge in [0.05, 0.1) is 29.3 Å². The third kappa shape index (κ3) is 3.12. The summed E-state index contributed by atoms with van der Waals surface area (Å²) in [5, 5.41) is 11.1. The maximum atomic E-state index is 13.6. The van der Waals surface area contributed by atoms with Crippen LogP contribution in [0.1, 0.15) is 33.0 Å². The van der Waals surface area contributed by atoms with Crippen molar-refractivity contribution in [1.29, 1.82) is 0 Å². The van der Waals surface area contributed by atoms with Crippen LogP contribution in [-0.2, 0) is 17.9 Å². The van der Waals surface area contributed by atoms with Crippen LogP contribution < -0.4 is 5.73 Å². The summed E-state index contributed by atoms with van der Waals surface area (Å²) in [6.45, 7) is 6.27. The topological polar surface area (TPSA) is 86.2 Å². The zero-order chi connectivity index (χ0) is 18.6. The van der Waals surface area contributed by atoms with Crippen LogP contribution in [0.15, 0.2) is 18.2 Å². The molecule has 0 radical (unpaired) electrons. The summed E-state index contributed by atoms with van der Waals surface area (Å²) in [4.78, 5) is 8.93. The number of imidazole rings is 1. The van der Waals surface area contributed by atoms with Crippen molar-refractivity contribution in [3.8, 4) is 0 Å². The Balaban J connectivity index is 1.90. The molecule has 7 heteroatoms. The molecule has 0 aliphatic heterocycles. The Morgan fingerprint density at radius 3 is 2.77 bits per heavy atom. The predicted octanol–water partition coefficient (Wildman–Crippen LogP) is 3.00. The number of hydrogen-bond acceptors (Lipinski definition) is 5. The van der Waals surface area contributed by atoms with E-state index in [-0.39, 0.29) is 17.7 Å². The average Bonchev–Trinajstić information content (AvgIpc) is 3.12. The minimum absolute atomic E-state index is 0.244. The largest absolute Gasteiger partial charge is 0.389 e. The van der Waals surface area contributed by atoms with E-state index < -0.39 is 5.60 Å². The van der Waals surface area contributed by atoms with E-state index >= 15 is 0 Å². The maximum absolute atomic E-state index is 13.6. The molecule has 2 unspecified atom stereocenters. The van der Waals surface area contributed by atoms with Crippen molar-refractivity contribution in [2.75, 3.05) is 5.73 Å². The maximum Gasteiger partial charge on any atom is 0.152 e. The van der Waals surface area contributed by atoms with Crippen molar-refractivity contribution < 1.29 is 14.2 Å². The fourth-order valence-corrected chi connectivity index (χ4v) is 3.30. The van der Waals surface area contributed by atoms with Crippen molar-refractivity contribution in [3.05, 3.63) is 29.8 Å². The van der Waals surface area contributed by atoms with Crippen LogP contribution in [0.25, 0.3) is 21.9 Å². The van der Waals surface area contributed by atoms with Crippen LogP contribution in [0.5, 0.6) is 0 Å². The van der Waals surface area contributed by atoms with Gasteiger partial charge in [-0.05, 0) is 38.3 Å². The number of rotatable bonds is 5. The van der Waals surface area contributed by atoms with Gasteiger partial charge < -0.3 is 20.1 Å². The number of nitrogens with two attached hydrogens (primary N) is 1. The number of hydrogen-bond donors (Lipinski definition) is 2. The number of ether oxygens (including phenoxy) is 1. The highest BCUT2D eigenvalue weighted by molar-refractivity contribution is 6.06. The molecule has 0 saturated heterocycles. The van der Waals surface area contributed by atoms with Gasteiger partial charge in [0.25, 0.3) is 0 Å². The van der Waals surface area contributed by atoms with Crippen molar-refractivity contribution in [2.24, 2.45) is 5.92 Å². The Morgan fingerprint density at radius 2 is 2.12 bits per heavy atom. The number of anilines is 1. The number of aromatic nitrogens is 3. The minimum atomic E-state index is -0.959. The number of fused-ring (bicyclic) bond motifs is 3. The predicted molar refractivity (Wildman–Crippen MR) is 98.1 cm³/mol. The molecule has 2 aromatic heterocycles. The molecule has 6 nitrogen and oxygen atoms in total. The smallest absolute Gasteiger partial charge is 0.152 e. The number of nitrogens with zero attached hydrogens (tertiary/aromatic N) is 3. The third-order valence-corrected chi connectivity index (χ3v) is 4.75. The zero-order valence-electron chi connectivity index (χ0n) is 15.2. The lowest BCUT2D eigenvalue weighted by molar-refractivity contribution is 0.0551. The third-order valence-electron chi connectivity index (χ3n) is 4.75. The Bertz CT molecular complexity index is 993. The van der Waals surface area contributed by atoms with Gasteiger partial charge >= 0.3 is 0 Å². The summed E-state index contributed by atoms with van der Waals surface area (Å²) in [6, 6.07) is 4.42. The second-order valence-corrected chi connectivity index (χ2v) is 7.84. The molecule has 0 spiro atoms. The van der Waals surface area contributed by atoms with Gasteiger partial charge in [0.1, 0.15) is 23.8 Å². The molecule has 1 aromatic carbocycles. The van der Waals surface area contributed by atoms with Crippen molar-refractivity contribution in [3.63, 3.8) is 0 Å². The van der Waals surface area contributed by atoms with Gasteiger partial charge in [0.15, 0.2) is 5.82 Å². The van der Waals surface area contributed by atoms with E-state index in [0.717, 1.165) is 17.3 Å². The van der Waals surface area contributed by atoms with Crippen LogP contribution in [0, 0.1) is 11.7 Å². The highest BCUT2D eigenvalue weighted by Crippen LogP contribution is 2.35. The van der Waals surface area contributed by atoms with Crippen LogP contribution in [0.4, 0.5) is 10.2 Å². The van der Waals surface area contributed by atoms with Crippen molar-refractivity contribution in [1.82, 2.24) is 14.5 Å². The fraction of sp³-hybridized carbons (Fsp3) is 0.474. The van der Waals surface area contributed by atoms with E-state index in [4.69, 9.17) is 10.5 Å². The summed E-state index contributed by atoms with van der Waals surface area (Å²) >= 11 is 0. The lowest BCUT2D eigenvalue weighted by Crippen LogP contribution is -2.27. The van der Waals surface area contributed by atoms with E-state index in [0.29, 0.717) is 35.9 Å². The molecule has 3 aromatic rings. The summed E-state index contributed by atoms with van der Waals surface area (Å²) < 4.78 is 21.5. The van der Waals surface area contributed by atoms with Gasteiger partial charge in [-0.3, -0.25) is 0 Å². The quantitative estimate of drug-likeness (QED) is 0.732. The standard InChI is InChI=1S/C19H23FN4O2/c1-10-6-14(10)26-8-15-23-16-17(24(15)9-19(2,3)25)12-5-4-11(20)7-13(12)22-18(16)21/h4-5,7,10,14,25H,6,8-9H2,1-3H3,(H2,21,22). The lowest BCUT2D eigenvalue weighted by Gasteiger charge is -2.20. The van der Waals surface area contributed by atoms with E-state index in [1.807, 2.05) is 4.57 Å². The lowest BCUT2D eigenvalue weighted by atomic mass is 10.1. The van der Waals surface area contributed by atoms with Crippen molar-refractivity contribution in [2.45, 2.75) is 52.0 Å². The number of pyridine rings is 1. The minimum Gasteiger partial charge on any atom is -0.389 e. The zero-order valence-corrected chi connectivity index (χ0v) is 15.2. The van der Waals surface area contributed by atoms with E-state index in [1.165, 1.54) is 12.1 Å². The Labute approximate surface area is 150 Å². The summed E-state index contributed by atoms with van der Waals surface area (Å²) in [6.07, 6.45) is 1.31. The molecule has 2 heterocycles. The number of halogens is 1. The van der Waals surface area contributed by atoms with Crippen LogP contribution in [0.3, 0.4) is 0 Å². The molecular formula is C19H23FN4O2. The van der Waals surface area contributed by atoms with E-state index in [9.17, 15) is 9.50 Å². The molecule has 0 amide bonds. The van der Waals surface area contributed by atoms with Crippen LogP contribution in [-0.4, -0.2) is 31.3 Å². The van der Waals surface area contributed by atoms with Gasteiger partial charge in [0.2, 0.25) is 0 Å². The highest BCUT2D eigenvalue weighted by Gasteiger charge is 2.34. The monoisotopic (exact) mass is 358 g/mol. The van der Waals surface area contributed by atoms with Gasteiger partial charge in [-0.1, -0.05) is 6.92 Å². The highest BCUT2D eigenvalue weighted by atomic mass is 19.1. The molecule has 3 N–H and O–H groups in total. The van der Waals surface area contributed by atoms with Gasteiger partial charge in [0, 0.05) is 11.5 Å². The first-order valence-electron chi connectivity index (χ1n) is 8.81. The Kier molecular flexibility index (Phi) is 3.89. The van der Waals surface area contributed by atoms with Crippen LogP contribution in [0.2, 0.25) is 0 Å². The molecule has 4 rings (SSSR count). The SMILES string of the molecule is CC1CC1OCc1nc2c(N)nc3cc(F)ccc3c2n1CC(C)(C)O. The van der Waals surface area contributed by atoms with Gasteiger partial charge in [-0.2, -0.15) is 0 Å². The molecule has 1 saturated carbocycles. The summed E-state index contributed by atoms with van der Waals surface area (Å²) in [5.74, 6) is 1.13. The average molecular weight is 358 g/mol. The molecule has 138 valence electrons. The first-order valence-corrected chi connectivity index (χ1v) is 8.81. The summed E-state index contributed by atoms with van der Waals surface area (Å²) in [7, 11) is 0. The normalized spacial score (nSPS) is 20.2. The molecule has 26 heavy (non-hydrogen) atoms. The van der Waals surface area contributed by atoms with Gasteiger partial charge in [-0.15, -0.1) is 0 Å². The Hall–Kier alpha value is -2.25. The number of aliphatic hydroxyl groups is 1. The molecule has 1 aliphatic rings. The van der Waals surface area contributed by atoms with E-state index in [1.54, 1.807) is 19.9 Å². The first kappa shape index (κ1) is 17.2. The Morgan fingerprint density at radius 1 is 1.38 bits per heavy atom. The van der Waals surface area contributed by atoms with E-state index in [2.05, 4.69) is 16.9 Å². The van der Waals surface area contributed by atoms with Crippen LogP contribution >= 0.6 is 0 Å². The second kappa shape index (κ2) is 5.89. The second-order valence-electron chi connectivity index (χ2n) is 7.84. The molecule has 2 atom stereocenters. The molecule has 1 fully saturated rings. The summed E-state index contributed by atoms with van der Waals surface area (Å²) in [5.41, 5.74) is 6.90. The molecule has 0 bridgehead atoms. The van der Waals surface area contributed by atoms with Gasteiger partial charge in [-0.25, -0.2) is 14.4 Å². The number of nitrogen functional groups attached to an aromatic ring is 1. The fourth-order valence-electron chi connectivity index (χ4n) is 3.30.